The number of ether oxygens (including phenoxy) is 2. The molecule has 1 saturated heterocycles. The summed E-state index contributed by atoms with van der Waals surface area (Å²) in [7, 11) is 0. The molecule has 0 aromatic heterocycles. The third kappa shape index (κ3) is 4.90. The van der Waals surface area contributed by atoms with Crippen LogP contribution in [0.3, 0.4) is 0 Å². The van der Waals surface area contributed by atoms with Crippen molar-refractivity contribution in [2.45, 2.75) is 57.9 Å². The summed E-state index contributed by atoms with van der Waals surface area (Å²) in [5.74, 6) is -0.454. The van der Waals surface area contributed by atoms with Crippen molar-refractivity contribution in [1.29, 1.82) is 0 Å². The molecule has 5 nitrogen and oxygen atoms in total. The molecule has 30 heavy (non-hydrogen) atoms. The number of carbonyl (C=O) groups is 2. The van der Waals surface area contributed by atoms with Crippen LogP contribution in [0, 0.1) is 0 Å². The summed E-state index contributed by atoms with van der Waals surface area (Å²) >= 11 is 0. The Morgan fingerprint density at radius 3 is 2.07 bits per heavy atom. The van der Waals surface area contributed by atoms with Crippen molar-refractivity contribution in [2.24, 2.45) is 0 Å². The number of esters is 1. The number of amides is 1. The molecule has 0 saturated carbocycles. The monoisotopic (exact) mass is 407 g/mol. The first-order valence-electron chi connectivity index (χ1n) is 10.1. The van der Waals surface area contributed by atoms with E-state index in [0.717, 1.165) is 16.7 Å². The molecular formula is C25H29NO4. The van der Waals surface area contributed by atoms with E-state index in [1.54, 1.807) is 4.90 Å². The number of benzene rings is 2. The van der Waals surface area contributed by atoms with Crippen molar-refractivity contribution in [1.82, 2.24) is 4.90 Å². The molecule has 3 rings (SSSR count). The molecule has 0 N–H and O–H groups in total. The second-order valence-corrected chi connectivity index (χ2v) is 8.69. The SMILES string of the molecule is C=C(C)C[C@@H]1C(=O)O[C@@H](c2ccccc2)[C@@H](c2ccccc2)N1C(=O)OC(C)(C)C. The molecular weight excluding hydrogens is 378 g/mol. The van der Waals surface area contributed by atoms with Crippen LogP contribution in [0.25, 0.3) is 0 Å². The van der Waals surface area contributed by atoms with Crippen molar-refractivity contribution < 1.29 is 19.1 Å². The molecule has 0 bridgehead atoms. The summed E-state index contributed by atoms with van der Waals surface area (Å²) in [6.45, 7) is 11.2. The minimum Gasteiger partial charge on any atom is -0.453 e. The summed E-state index contributed by atoms with van der Waals surface area (Å²) in [6, 6.07) is 17.8. The van der Waals surface area contributed by atoms with Gasteiger partial charge in [-0.05, 0) is 45.2 Å². The van der Waals surface area contributed by atoms with Crippen molar-refractivity contribution in [3.63, 3.8) is 0 Å². The van der Waals surface area contributed by atoms with Gasteiger partial charge < -0.3 is 9.47 Å². The Bertz CT molecular complexity index is 902. The Labute approximate surface area is 178 Å². The molecule has 1 amide bonds. The van der Waals surface area contributed by atoms with Crippen LogP contribution in [0.4, 0.5) is 4.79 Å². The molecule has 2 aromatic carbocycles. The molecule has 5 heteroatoms. The fraction of sp³-hybridized carbons (Fsp3) is 0.360. The van der Waals surface area contributed by atoms with Gasteiger partial charge in [-0.25, -0.2) is 9.59 Å². The van der Waals surface area contributed by atoms with E-state index in [9.17, 15) is 9.59 Å². The van der Waals surface area contributed by atoms with Gasteiger partial charge in [0.2, 0.25) is 0 Å². The van der Waals surface area contributed by atoms with Crippen LogP contribution in [-0.4, -0.2) is 28.6 Å². The smallest absolute Gasteiger partial charge is 0.411 e. The zero-order valence-electron chi connectivity index (χ0n) is 18.0. The van der Waals surface area contributed by atoms with Crippen molar-refractivity contribution in [2.75, 3.05) is 0 Å². The van der Waals surface area contributed by atoms with Gasteiger partial charge in [-0.15, -0.1) is 6.58 Å². The van der Waals surface area contributed by atoms with Gasteiger partial charge in [-0.3, -0.25) is 4.90 Å². The van der Waals surface area contributed by atoms with E-state index < -0.39 is 35.9 Å². The highest BCUT2D eigenvalue weighted by Gasteiger charge is 2.48. The molecule has 1 heterocycles. The van der Waals surface area contributed by atoms with Crippen LogP contribution < -0.4 is 0 Å². The summed E-state index contributed by atoms with van der Waals surface area (Å²) in [5, 5.41) is 0. The Hall–Kier alpha value is -3.08. The van der Waals surface area contributed by atoms with Gasteiger partial charge in [0.05, 0.1) is 0 Å². The molecule has 1 aliphatic rings. The molecule has 0 spiro atoms. The summed E-state index contributed by atoms with van der Waals surface area (Å²) in [4.78, 5) is 28.0. The largest absolute Gasteiger partial charge is 0.453 e. The normalized spacial score (nSPS) is 21.7. The minimum absolute atomic E-state index is 0.308. The maximum atomic E-state index is 13.4. The lowest BCUT2D eigenvalue weighted by molar-refractivity contribution is -0.174. The first-order valence-corrected chi connectivity index (χ1v) is 10.1. The third-order valence-corrected chi connectivity index (χ3v) is 4.85. The third-order valence-electron chi connectivity index (χ3n) is 4.85. The number of rotatable bonds is 4. The lowest BCUT2D eigenvalue weighted by Crippen LogP contribution is -2.55. The number of hydrogen-bond donors (Lipinski definition) is 0. The predicted octanol–water partition coefficient (Wildman–Crippen LogP) is 5.60. The van der Waals surface area contributed by atoms with Crippen LogP contribution in [0.2, 0.25) is 0 Å². The molecule has 1 fully saturated rings. The fourth-order valence-electron chi connectivity index (χ4n) is 3.67. The number of nitrogens with zero attached hydrogens (tertiary/aromatic N) is 1. The summed E-state index contributed by atoms with van der Waals surface area (Å²) < 4.78 is 11.7. The summed E-state index contributed by atoms with van der Waals surface area (Å²) in [5.41, 5.74) is 1.78. The van der Waals surface area contributed by atoms with E-state index in [1.807, 2.05) is 88.4 Å². The molecule has 2 aromatic rings. The zero-order chi connectivity index (χ0) is 21.9. The van der Waals surface area contributed by atoms with Gasteiger partial charge in [0.25, 0.3) is 0 Å². The maximum absolute atomic E-state index is 13.4. The van der Waals surface area contributed by atoms with Gasteiger partial charge in [0, 0.05) is 0 Å². The molecule has 1 aliphatic heterocycles. The standard InChI is InChI=1S/C25H29NO4/c1-17(2)16-20-23(27)29-22(19-14-10-7-11-15-19)21(18-12-8-6-9-13-18)26(20)24(28)30-25(3,4)5/h6-15,20-22H,1,16H2,2-5H3/t20-,21-,22+/m1/s1. The number of hydrogen-bond acceptors (Lipinski definition) is 4. The van der Waals surface area contributed by atoms with Gasteiger partial charge in [-0.1, -0.05) is 66.2 Å². The maximum Gasteiger partial charge on any atom is 0.411 e. The second-order valence-electron chi connectivity index (χ2n) is 8.69. The number of carbonyl (C=O) groups excluding carboxylic acids is 2. The molecule has 0 aliphatic carbocycles. The molecule has 0 radical (unpaired) electrons. The van der Waals surface area contributed by atoms with Crippen molar-refractivity contribution in [3.8, 4) is 0 Å². The second kappa shape index (κ2) is 8.74. The van der Waals surface area contributed by atoms with E-state index in [-0.39, 0.29) is 0 Å². The number of cyclic esters (lactones) is 1. The van der Waals surface area contributed by atoms with E-state index in [4.69, 9.17) is 9.47 Å². The van der Waals surface area contributed by atoms with Crippen molar-refractivity contribution >= 4 is 12.1 Å². The van der Waals surface area contributed by atoms with Crippen molar-refractivity contribution in [3.05, 3.63) is 83.9 Å². The Kier molecular flexibility index (Phi) is 6.30. The molecule has 158 valence electrons. The average Bonchev–Trinajstić information content (AvgIpc) is 2.68. The highest BCUT2D eigenvalue weighted by Crippen LogP contribution is 2.43. The average molecular weight is 408 g/mol. The Balaban J connectivity index is 2.14. The topological polar surface area (TPSA) is 55.8 Å². The quantitative estimate of drug-likeness (QED) is 0.489. The van der Waals surface area contributed by atoms with Crippen LogP contribution in [-0.2, 0) is 14.3 Å². The van der Waals surface area contributed by atoms with E-state index in [0.29, 0.717) is 6.42 Å². The first kappa shape index (κ1) is 21.6. The van der Waals surface area contributed by atoms with E-state index >= 15 is 0 Å². The highest BCUT2D eigenvalue weighted by molar-refractivity contribution is 5.84. The van der Waals surface area contributed by atoms with E-state index in [2.05, 4.69) is 6.58 Å². The van der Waals surface area contributed by atoms with Crippen LogP contribution in [0.5, 0.6) is 0 Å². The Morgan fingerprint density at radius 2 is 1.57 bits per heavy atom. The fourth-order valence-corrected chi connectivity index (χ4v) is 3.67. The van der Waals surface area contributed by atoms with E-state index in [1.165, 1.54) is 0 Å². The van der Waals surface area contributed by atoms with Gasteiger partial charge in [0.15, 0.2) is 6.10 Å². The highest BCUT2D eigenvalue weighted by atomic mass is 16.6. The van der Waals surface area contributed by atoms with Crippen LogP contribution in [0.1, 0.15) is 57.4 Å². The minimum atomic E-state index is -0.803. The van der Waals surface area contributed by atoms with Crippen LogP contribution in [0.15, 0.2) is 72.8 Å². The van der Waals surface area contributed by atoms with Crippen LogP contribution >= 0.6 is 0 Å². The molecule has 0 unspecified atom stereocenters. The Morgan fingerprint density at radius 1 is 1.03 bits per heavy atom. The lowest BCUT2D eigenvalue weighted by Gasteiger charge is -2.45. The van der Waals surface area contributed by atoms with Gasteiger partial charge in [-0.2, -0.15) is 0 Å². The summed E-state index contributed by atoms with van der Waals surface area (Å²) in [6.07, 6.45) is -0.877. The molecule has 3 atom stereocenters. The predicted molar refractivity (Wildman–Crippen MR) is 116 cm³/mol. The van der Waals surface area contributed by atoms with Gasteiger partial charge >= 0.3 is 12.1 Å². The lowest BCUT2D eigenvalue weighted by atomic mass is 9.90. The van der Waals surface area contributed by atoms with Gasteiger partial charge in [0.1, 0.15) is 17.7 Å². The number of morpholine rings is 1. The first-order chi connectivity index (χ1) is 14.2. The zero-order valence-corrected chi connectivity index (χ0v) is 18.0.